The summed E-state index contributed by atoms with van der Waals surface area (Å²) in [6.07, 6.45) is 6.70. The van der Waals surface area contributed by atoms with Crippen molar-refractivity contribution in [3.05, 3.63) is 71.6 Å². The van der Waals surface area contributed by atoms with Gasteiger partial charge in [0.2, 0.25) is 0 Å². The maximum Gasteiger partial charge on any atom is 0.129 e. The molecule has 0 unspecified atom stereocenters. The zero-order valence-corrected chi connectivity index (χ0v) is 16.3. The lowest BCUT2D eigenvalue weighted by molar-refractivity contribution is 0.318. The molecule has 0 atom stereocenters. The van der Waals surface area contributed by atoms with Crippen LogP contribution in [-0.4, -0.2) is 31.4 Å². The zero-order valence-electron chi connectivity index (χ0n) is 16.3. The van der Waals surface area contributed by atoms with E-state index in [-0.39, 0.29) is 13.2 Å². The van der Waals surface area contributed by atoms with E-state index in [0.717, 1.165) is 29.8 Å². The maximum absolute atomic E-state index is 12.2. The Labute approximate surface area is 166 Å². The van der Waals surface area contributed by atoms with Gasteiger partial charge in [-0.05, 0) is 41.8 Å². The number of nitrogens with zero attached hydrogens (tertiary/aromatic N) is 1. The third-order valence-corrected chi connectivity index (χ3v) is 3.92. The summed E-state index contributed by atoms with van der Waals surface area (Å²) in [4.78, 5) is 0. The quantitative estimate of drug-likeness (QED) is 0.310. The molecule has 2 rings (SSSR count). The van der Waals surface area contributed by atoms with Crippen LogP contribution < -0.4 is 21.6 Å². The molecule has 0 radical (unpaired) electrons. The highest BCUT2D eigenvalue weighted by Crippen LogP contribution is 2.16. The molecule has 0 aliphatic carbocycles. The highest BCUT2D eigenvalue weighted by Gasteiger charge is 1.99. The van der Waals surface area contributed by atoms with Gasteiger partial charge in [0.15, 0.2) is 0 Å². The van der Waals surface area contributed by atoms with Crippen LogP contribution in [0.4, 0.5) is 10.1 Å². The van der Waals surface area contributed by atoms with E-state index in [0.29, 0.717) is 11.4 Å². The molecule has 28 heavy (non-hydrogen) atoms. The molecule has 6 heteroatoms. The van der Waals surface area contributed by atoms with Gasteiger partial charge in [0.1, 0.15) is 19.0 Å². The molecule has 150 valence electrons. The predicted octanol–water partition coefficient (Wildman–Crippen LogP) is 4.00. The molecular weight excluding hydrogens is 355 g/mol. The molecule has 2 aromatic carbocycles. The first kappa shape index (κ1) is 21.3. The normalized spacial score (nSPS) is 11.6. The molecule has 5 nitrogen and oxygen atoms in total. The fraction of sp³-hybridized carbons (Fsp3) is 0.273. The van der Waals surface area contributed by atoms with Crippen molar-refractivity contribution in [2.24, 2.45) is 11.6 Å². The van der Waals surface area contributed by atoms with Crippen molar-refractivity contribution >= 4 is 17.8 Å². The fourth-order valence-corrected chi connectivity index (χ4v) is 2.43. The van der Waals surface area contributed by atoms with Crippen LogP contribution in [0.3, 0.4) is 0 Å². The molecule has 0 saturated carbocycles. The van der Waals surface area contributed by atoms with Crippen molar-refractivity contribution in [3.8, 4) is 5.75 Å². The van der Waals surface area contributed by atoms with Crippen LogP contribution >= 0.6 is 0 Å². The largest absolute Gasteiger partial charge is 0.487 e. The van der Waals surface area contributed by atoms with Crippen molar-refractivity contribution in [1.82, 2.24) is 5.01 Å². The third-order valence-electron chi connectivity index (χ3n) is 3.92. The Morgan fingerprint density at radius 2 is 1.68 bits per heavy atom. The molecule has 0 amide bonds. The lowest BCUT2D eigenvalue weighted by Gasteiger charge is -2.13. The number of halogens is 1. The van der Waals surface area contributed by atoms with E-state index in [1.54, 1.807) is 0 Å². The molecule has 0 spiro atoms. The van der Waals surface area contributed by atoms with E-state index in [1.165, 1.54) is 11.2 Å². The van der Waals surface area contributed by atoms with E-state index in [1.807, 2.05) is 24.3 Å². The summed E-state index contributed by atoms with van der Waals surface area (Å²) in [6.45, 7) is 2.88. The summed E-state index contributed by atoms with van der Waals surface area (Å²) in [7, 11) is 0. The van der Waals surface area contributed by atoms with Crippen LogP contribution in [0.5, 0.6) is 5.75 Å². The van der Waals surface area contributed by atoms with Crippen molar-refractivity contribution in [2.75, 3.05) is 31.7 Å². The predicted molar refractivity (Wildman–Crippen MR) is 115 cm³/mol. The molecule has 0 bridgehead atoms. The standard InChI is InChI=1S/C22H29FN4O/c1-2-14-26-21-9-5-18(6-10-21)3-4-19-7-11-22(12-8-19)28-17-20(24)16-27(25)15-13-23/h3-12,16,26H,2,13-15,17,24-25H2,1H3/b4-3+,20-16-. The molecule has 2 aromatic rings. The van der Waals surface area contributed by atoms with Gasteiger partial charge >= 0.3 is 0 Å². The number of alkyl halides is 1. The summed E-state index contributed by atoms with van der Waals surface area (Å²) < 4.78 is 17.8. The minimum absolute atomic E-state index is 0.0969. The Hall–Kier alpha value is -2.99. The average molecular weight is 384 g/mol. The highest BCUT2D eigenvalue weighted by molar-refractivity contribution is 5.70. The van der Waals surface area contributed by atoms with Gasteiger partial charge in [-0.2, -0.15) is 0 Å². The Morgan fingerprint density at radius 1 is 1.07 bits per heavy atom. The van der Waals surface area contributed by atoms with E-state index in [9.17, 15) is 4.39 Å². The summed E-state index contributed by atoms with van der Waals surface area (Å²) >= 11 is 0. The van der Waals surface area contributed by atoms with Crippen LogP contribution in [0.25, 0.3) is 12.2 Å². The minimum Gasteiger partial charge on any atom is -0.487 e. The molecule has 0 aromatic heterocycles. The number of ether oxygens (including phenoxy) is 1. The van der Waals surface area contributed by atoms with E-state index >= 15 is 0 Å². The van der Waals surface area contributed by atoms with Gasteiger partial charge in [0.05, 0.1) is 12.2 Å². The summed E-state index contributed by atoms with van der Waals surface area (Å²) in [6, 6.07) is 16.1. The van der Waals surface area contributed by atoms with Gasteiger partial charge in [-0.25, -0.2) is 10.2 Å². The topological polar surface area (TPSA) is 76.5 Å². The van der Waals surface area contributed by atoms with E-state index in [4.69, 9.17) is 16.3 Å². The maximum atomic E-state index is 12.2. The molecule has 0 fully saturated rings. The van der Waals surface area contributed by atoms with Crippen molar-refractivity contribution < 1.29 is 9.13 Å². The number of rotatable bonds is 11. The second-order valence-corrected chi connectivity index (χ2v) is 6.37. The van der Waals surface area contributed by atoms with Gasteiger partial charge in [-0.3, -0.25) is 0 Å². The monoisotopic (exact) mass is 384 g/mol. The molecular formula is C22H29FN4O. The van der Waals surface area contributed by atoms with Crippen LogP contribution in [0, 0.1) is 0 Å². The fourth-order valence-electron chi connectivity index (χ4n) is 2.43. The first-order valence-electron chi connectivity index (χ1n) is 9.39. The summed E-state index contributed by atoms with van der Waals surface area (Å²) in [5, 5.41) is 4.57. The Kier molecular flexibility index (Phi) is 8.88. The number of hydrogen-bond donors (Lipinski definition) is 3. The molecule has 0 saturated heterocycles. The van der Waals surface area contributed by atoms with Crippen LogP contribution in [0.15, 0.2) is 60.4 Å². The molecule has 0 heterocycles. The van der Waals surface area contributed by atoms with Gasteiger partial charge in [-0.15, -0.1) is 0 Å². The average Bonchev–Trinajstić information content (AvgIpc) is 2.71. The molecule has 0 aliphatic rings. The van der Waals surface area contributed by atoms with Crippen LogP contribution in [0.1, 0.15) is 24.5 Å². The van der Waals surface area contributed by atoms with Crippen molar-refractivity contribution in [3.63, 3.8) is 0 Å². The minimum atomic E-state index is -0.532. The Bertz CT molecular complexity index is 757. The van der Waals surface area contributed by atoms with Crippen LogP contribution in [0.2, 0.25) is 0 Å². The van der Waals surface area contributed by atoms with E-state index in [2.05, 4.69) is 48.7 Å². The van der Waals surface area contributed by atoms with Gasteiger partial charge in [-0.1, -0.05) is 43.3 Å². The second kappa shape index (κ2) is 11.7. The first-order valence-corrected chi connectivity index (χ1v) is 9.39. The number of nitrogens with two attached hydrogens (primary N) is 2. The van der Waals surface area contributed by atoms with Gasteiger partial charge in [0, 0.05) is 18.4 Å². The smallest absolute Gasteiger partial charge is 0.129 e. The first-order chi connectivity index (χ1) is 13.6. The van der Waals surface area contributed by atoms with Gasteiger partial charge < -0.3 is 20.8 Å². The van der Waals surface area contributed by atoms with Crippen molar-refractivity contribution in [2.45, 2.75) is 13.3 Å². The van der Waals surface area contributed by atoms with Crippen LogP contribution in [-0.2, 0) is 0 Å². The number of anilines is 1. The molecule has 0 aliphatic heterocycles. The SMILES string of the molecule is CCCNc1ccc(/C=C/c2ccc(OC/C(N)=C/N(N)CCF)cc2)cc1. The Balaban J connectivity index is 1.85. The summed E-state index contributed by atoms with van der Waals surface area (Å²) in [5.41, 5.74) is 9.58. The number of benzene rings is 2. The lowest BCUT2D eigenvalue weighted by atomic mass is 10.1. The Morgan fingerprint density at radius 3 is 2.25 bits per heavy atom. The van der Waals surface area contributed by atoms with Crippen molar-refractivity contribution in [1.29, 1.82) is 0 Å². The highest BCUT2D eigenvalue weighted by atomic mass is 19.1. The lowest BCUT2D eigenvalue weighted by Crippen LogP contribution is -2.29. The number of nitrogens with one attached hydrogen (secondary N) is 1. The summed E-state index contributed by atoms with van der Waals surface area (Å²) in [5.74, 6) is 6.26. The number of hydrazine groups is 1. The molecule has 5 N–H and O–H groups in total. The van der Waals surface area contributed by atoms with Gasteiger partial charge in [0.25, 0.3) is 0 Å². The number of hydrogen-bond acceptors (Lipinski definition) is 5. The zero-order chi connectivity index (χ0) is 20.2. The second-order valence-electron chi connectivity index (χ2n) is 6.37. The van der Waals surface area contributed by atoms with E-state index < -0.39 is 6.67 Å². The third kappa shape index (κ3) is 7.72.